The van der Waals surface area contributed by atoms with E-state index in [9.17, 15) is 20.2 Å². The number of aryl methyl sites for hydroxylation is 1. The standard InChI is InChI=1S/C10H13N3O5/c1-3-6-4-8(12(14)15)9(11)10(13(16)17)7(6)5-18-2/h4H,3,5,11H2,1-2H3. The molecule has 0 aliphatic carbocycles. The number of anilines is 1. The molecule has 1 aromatic carbocycles. The van der Waals surface area contributed by atoms with Gasteiger partial charge in [-0.1, -0.05) is 6.92 Å². The number of methoxy groups -OCH3 is 1. The van der Waals surface area contributed by atoms with Gasteiger partial charge in [-0.25, -0.2) is 0 Å². The Morgan fingerprint density at radius 1 is 1.33 bits per heavy atom. The number of nitrogens with zero attached hydrogens (tertiary/aromatic N) is 2. The first-order valence-corrected chi connectivity index (χ1v) is 5.15. The van der Waals surface area contributed by atoms with Crippen LogP contribution in [0.25, 0.3) is 0 Å². The number of nitrogens with two attached hydrogens (primary N) is 1. The molecule has 0 fully saturated rings. The summed E-state index contributed by atoms with van der Waals surface area (Å²) in [4.78, 5) is 20.4. The second kappa shape index (κ2) is 5.41. The largest absolute Gasteiger partial charge is 0.387 e. The third kappa shape index (κ3) is 2.38. The molecule has 98 valence electrons. The van der Waals surface area contributed by atoms with Crippen molar-refractivity contribution in [2.75, 3.05) is 12.8 Å². The summed E-state index contributed by atoms with van der Waals surface area (Å²) in [5, 5.41) is 21.8. The minimum atomic E-state index is -0.724. The van der Waals surface area contributed by atoms with Gasteiger partial charge in [0, 0.05) is 13.2 Å². The highest BCUT2D eigenvalue weighted by atomic mass is 16.6. The van der Waals surface area contributed by atoms with Gasteiger partial charge in [-0.3, -0.25) is 20.2 Å². The van der Waals surface area contributed by atoms with Crippen molar-refractivity contribution >= 4 is 17.1 Å². The van der Waals surface area contributed by atoms with Crippen LogP contribution in [0.4, 0.5) is 17.1 Å². The van der Waals surface area contributed by atoms with E-state index in [-0.39, 0.29) is 12.2 Å². The van der Waals surface area contributed by atoms with E-state index < -0.39 is 26.9 Å². The van der Waals surface area contributed by atoms with Crippen molar-refractivity contribution in [1.29, 1.82) is 0 Å². The molecule has 0 amide bonds. The van der Waals surface area contributed by atoms with Crippen LogP contribution in [-0.2, 0) is 17.8 Å². The van der Waals surface area contributed by atoms with E-state index >= 15 is 0 Å². The molecular formula is C10H13N3O5. The molecule has 0 radical (unpaired) electrons. The van der Waals surface area contributed by atoms with Gasteiger partial charge in [0.2, 0.25) is 0 Å². The molecule has 0 aliphatic heterocycles. The molecule has 0 unspecified atom stereocenters. The van der Waals surface area contributed by atoms with Gasteiger partial charge in [0.05, 0.1) is 22.0 Å². The number of nitrogen functional groups attached to an aromatic ring is 1. The Morgan fingerprint density at radius 3 is 2.33 bits per heavy atom. The van der Waals surface area contributed by atoms with E-state index in [0.29, 0.717) is 12.0 Å². The second-order valence-electron chi connectivity index (χ2n) is 3.60. The smallest absolute Gasteiger partial charge is 0.305 e. The highest BCUT2D eigenvalue weighted by Crippen LogP contribution is 2.37. The first kappa shape index (κ1) is 13.8. The molecule has 8 heteroatoms. The van der Waals surface area contributed by atoms with Gasteiger partial charge in [0.15, 0.2) is 5.69 Å². The van der Waals surface area contributed by atoms with E-state index in [1.165, 1.54) is 13.2 Å². The average Bonchev–Trinajstić information content (AvgIpc) is 2.28. The Kier molecular flexibility index (Phi) is 4.16. The maximum absolute atomic E-state index is 11.0. The summed E-state index contributed by atoms with van der Waals surface area (Å²) in [5.41, 5.74) is 4.95. The first-order valence-electron chi connectivity index (χ1n) is 5.15. The van der Waals surface area contributed by atoms with Crippen LogP contribution in [0.5, 0.6) is 0 Å². The normalized spacial score (nSPS) is 10.3. The minimum absolute atomic E-state index is 0.0122. The van der Waals surface area contributed by atoms with Crippen LogP contribution >= 0.6 is 0 Å². The molecule has 2 N–H and O–H groups in total. The Hall–Kier alpha value is -2.22. The maximum atomic E-state index is 11.0. The third-order valence-corrected chi connectivity index (χ3v) is 2.56. The number of ether oxygens (including phenoxy) is 1. The molecule has 0 atom stereocenters. The number of rotatable bonds is 5. The van der Waals surface area contributed by atoms with Gasteiger partial charge in [-0.15, -0.1) is 0 Å². The lowest BCUT2D eigenvalue weighted by Gasteiger charge is -2.10. The van der Waals surface area contributed by atoms with Gasteiger partial charge in [-0.2, -0.15) is 0 Å². The Balaban J connectivity index is 3.64. The van der Waals surface area contributed by atoms with Crippen LogP contribution in [0.2, 0.25) is 0 Å². The van der Waals surface area contributed by atoms with Crippen LogP contribution in [0.1, 0.15) is 18.1 Å². The SMILES string of the molecule is CCc1cc([N+](=O)[O-])c(N)c([N+](=O)[O-])c1COC. The molecule has 0 heterocycles. The van der Waals surface area contributed by atoms with E-state index in [1.54, 1.807) is 6.92 Å². The Labute approximate surface area is 103 Å². The lowest BCUT2D eigenvalue weighted by molar-refractivity contribution is -0.393. The van der Waals surface area contributed by atoms with Gasteiger partial charge in [0.25, 0.3) is 5.69 Å². The number of nitro groups is 2. The number of hydrogen-bond donors (Lipinski definition) is 1. The van der Waals surface area contributed by atoms with Crippen molar-refractivity contribution in [2.24, 2.45) is 0 Å². The zero-order valence-electron chi connectivity index (χ0n) is 10.0. The van der Waals surface area contributed by atoms with Crippen LogP contribution in [0.15, 0.2) is 6.07 Å². The summed E-state index contributed by atoms with van der Waals surface area (Å²) in [6.07, 6.45) is 0.417. The molecule has 18 heavy (non-hydrogen) atoms. The summed E-state index contributed by atoms with van der Waals surface area (Å²) in [6, 6.07) is 1.26. The number of hydrogen-bond acceptors (Lipinski definition) is 6. The van der Waals surface area contributed by atoms with Gasteiger partial charge >= 0.3 is 5.69 Å². The maximum Gasteiger partial charge on any atom is 0.305 e. The van der Waals surface area contributed by atoms with Crippen molar-refractivity contribution in [3.8, 4) is 0 Å². The zero-order chi connectivity index (χ0) is 13.9. The lowest BCUT2D eigenvalue weighted by Crippen LogP contribution is -2.08. The van der Waals surface area contributed by atoms with Gasteiger partial charge in [0.1, 0.15) is 0 Å². The molecule has 0 saturated heterocycles. The van der Waals surface area contributed by atoms with Gasteiger partial charge < -0.3 is 10.5 Å². The second-order valence-corrected chi connectivity index (χ2v) is 3.60. The van der Waals surface area contributed by atoms with Crippen LogP contribution in [-0.4, -0.2) is 17.0 Å². The van der Waals surface area contributed by atoms with Gasteiger partial charge in [-0.05, 0) is 12.0 Å². The fourth-order valence-electron chi connectivity index (χ4n) is 1.75. The third-order valence-electron chi connectivity index (χ3n) is 2.56. The van der Waals surface area contributed by atoms with Crippen molar-refractivity contribution < 1.29 is 14.6 Å². The summed E-state index contributed by atoms with van der Waals surface area (Å²) in [5.74, 6) is 0. The van der Waals surface area contributed by atoms with Crippen molar-refractivity contribution in [1.82, 2.24) is 0 Å². The fourth-order valence-corrected chi connectivity index (χ4v) is 1.75. The molecule has 0 bridgehead atoms. The number of benzene rings is 1. The molecule has 8 nitrogen and oxygen atoms in total. The van der Waals surface area contributed by atoms with Crippen LogP contribution < -0.4 is 5.73 Å². The zero-order valence-corrected chi connectivity index (χ0v) is 10.0. The first-order chi connectivity index (χ1) is 8.43. The van der Waals surface area contributed by atoms with E-state index in [1.807, 2.05) is 0 Å². The molecule has 0 aliphatic rings. The molecule has 0 spiro atoms. The Morgan fingerprint density at radius 2 is 1.94 bits per heavy atom. The minimum Gasteiger partial charge on any atom is -0.387 e. The predicted octanol–water partition coefficient (Wildman–Crippen LogP) is 1.79. The van der Waals surface area contributed by atoms with Crippen molar-refractivity contribution in [2.45, 2.75) is 20.0 Å². The highest BCUT2D eigenvalue weighted by molar-refractivity contribution is 5.75. The van der Waals surface area contributed by atoms with E-state index in [0.717, 1.165) is 0 Å². The average molecular weight is 255 g/mol. The summed E-state index contributed by atoms with van der Waals surface area (Å²) in [6.45, 7) is 1.74. The molecule has 1 aromatic rings. The summed E-state index contributed by atoms with van der Waals surface area (Å²) < 4.78 is 4.89. The highest BCUT2D eigenvalue weighted by Gasteiger charge is 2.29. The number of nitro benzene ring substituents is 2. The topological polar surface area (TPSA) is 122 Å². The molecule has 0 aromatic heterocycles. The molecular weight excluding hydrogens is 242 g/mol. The van der Waals surface area contributed by atoms with Crippen LogP contribution in [0, 0.1) is 20.2 Å². The summed E-state index contributed by atoms with van der Waals surface area (Å²) in [7, 11) is 1.39. The van der Waals surface area contributed by atoms with Crippen LogP contribution in [0.3, 0.4) is 0 Å². The van der Waals surface area contributed by atoms with Crippen molar-refractivity contribution in [3.63, 3.8) is 0 Å². The van der Waals surface area contributed by atoms with Crippen molar-refractivity contribution in [3.05, 3.63) is 37.4 Å². The Bertz CT molecular complexity index is 501. The quantitative estimate of drug-likeness (QED) is 0.486. The van der Waals surface area contributed by atoms with E-state index in [4.69, 9.17) is 10.5 Å². The molecule has 1 rings (SSSR count). The van der Waals surface area contributed by atoms with E-state index in [2.05, 4.69) is 0 Å². The monoisotopic (exact) mass is 255 g/mol. The fraction of sp³-hybridized carbons (Fsp3) is 0.400. The lowest BCUT2D eigenvalue weighted by atomic mass is 10.0. The summed E-state index contributed by atoms with van der Waals surface area (Å²) >= 11 is 0. The predicted molar refractivity (Wildman–Crippen MR) is 64.3 cm³/mol. The molecule has 0 saturated carbocycles.